The van der Waals surface area contributed by atoms with Gasteiger partial charge in [0, 0.05) is 24.9 Å². The Morgan fingerprint density at radius 2 is 1.77 bits per heavy atom. The molecule has 2 heterocycles. The first-order valence-electron chi connectivity index (χ1n) is 8.41. The van der Waals surface area contributed by atoms with Gasteiger partial charge in [0.2, 0.25) is 0 Å². The first kappa shape index (κ1) is 17.7. The van der Waals surface area contributed by atoms with Crippen LogP contribution in [0.4, 0.5) is 11.4 Å². The number of pyridine rings is 1. The Bertz CT molecular complexity index is 939. The third-order valence-corrected chi connectivity index (χ3v) is 4.19. The summed E-state index contributed by atoms with van der Waals surface area (Å²) in [6, 6.07) is 11.2. The Balaban J connectivity index is 1.83. The predicted molar refractivity (Wildman–Crippen MR) is 104 cm³/mol. The van der Waals surface area contributed by atoms with Gasteiger partial charge in [-0.25, -0.2) is 0 Å². The van der Waals surface area contributed by atoms with Crippen molar-refractivity contribution in [1.82, 2.24) is 14.8 Å². The second-order valence-corrected chi connectivity index (χ2v) is 7.28. The van der Waals surface area contributed by atoms with Crippen LogP contribution in [-0.4, -0.2) is 20.7 Å². The van der Waals surface area contributed by atoms with Crippen molar-refractivity contribution in [3.8, 4) is 11.1 Å². The molecular formula is C20H23N5O. The van der Waals surface area contributed by atoms with Gasteiger partial charge in [-0.3, -0.25) is 14.5 Å². The minimum Gasteiger partial charge on any atom is -0.397 e. The van der Waals surface area contributed by atoms with Gasteiger partial charge in [0.05, 0.1) is 17.1 Å². The number of benzene rings is 1. The van der Waals surface area contributed by atoms with E-state index >= 15 is 0 Å². The molecule has 0 radical (unpaired) electrons. The molecular weight excluding hydrogens is 326 g/mol. The third-order valence-electron chi connectivity index (χ3n) is 4.19. The molecule has 0 unspecified atom stereocenters. The molecule has 3 N–H and O–H groups in total. The molecule has 0 aliphatic rings. The van der Waals surface area contributed by atoms with E-state index in [1.165, 1.54) is 0 Å². The molecule has 0 aliphatic heterocycles. The van der Waals surface area contributed by atoms with E-state index in [9.17, 15) is 4.79 Å². The van der Waals surface area contributed by atoms with Crippen molar-refractivity contribution < 1.29 is 4.79 Å². The lowest BCUT2D eigenvalue weighted by Gasteiger charge is -2.13. The molecule has 0 fully saturated rings. The van der Waals surface area contributed by atoms with Crippen LogP contribution in [0.3, 0.4) is 0 Å². The lowest BCUT2D eigenvalue weighted by Crippen LogP contribution is -2.16. The van der Waals surface area contributed by atoms with Crippen molar-refractivity contribution >= 4 is 17.3 Å². The van der Waals surface area contributed by atoms with E-state index in [0.717, 1.165) is 16.8 Å². The van der Waals surface area contributed by atoms with Crippen molar-refractivity contribution in [2.75, 3.05) is 11.1 Å². The molecule has 3 aromatic rings. The summed E-state index contributed by atoms with van der Waals surface area (Å²) in [6.45, 7) is 6.19. The average molecular weight is 349 g/mol. The van der Waals surface area contributed by atoms with Crippen LogP contribution in [0.25, 0.3) is 11.1 Å². The first-order chi connectivity index (χ1) is 12.3. The summed E-state index contributed by atoms with van der Waals surface area (Å²) in [4.78, 5) is 16.7. The van der Waals surface area contributed by atoms with Crippen LogP contribution in [-0.2, 0) is 12.5 Å². The zero-order valence-corrected chi connectivity index (χ0v) is 15.4. The number of nitrogen functional groups attached to an aromatic ring is 1. The monoisotopic (exact) mass is 349 g/mol. The fourth-order valence-corrected chi connectivity index (χ4v) is 2.63. The second-order valence-electron chi connectivity index (χ2n) is 7.28. The molecule has 26 heavy (non-hydrogen) atoms. The molecule has 0 bridgehead atoms. The van der Waals surface area contributed by atoms with Gasteiger partial charge in [0.25, 0.3) is 5.91 Å². The number of nitrogens with two attached hydrogens (primary N) is 1. The molecule has 0 aliphatic carbocycles. The Hall–Kier alpha value is -3.15. The lowest BCUT2D eigenvalue weighted by molar-refractivity contribution is 0.101. The Kier molecular flexibility index (Phi) is 4.50. The number of amides is 1. The van der Waals surface area contributed by atoms with Crippen LogP contribution in [0, 0.1) is 0 Å². The van der Waals surface area contributed by atoms with Crippen LogP contribution in [0.15, 0.2) is 48.8 Å². The molecule has 3 rings (SSSR count). The van der Waals surface area contributed by atoms with E-state index in [0.29, 0.717) is 17.1 Å². The molecule has 0 spiro atoms. The van der Waals surface area contributed by atoms with E-state index in [2.05, 4.69) is 36.2 Å². The van der Waals surface area contributed by atoms with Crippen LogP contribution in [0.1, 0.15) is 37.0 Å². The van der Waals surface area contributed by atoms with E-state index in [1.54, 1.807) is 24.1 Å². The van der Waals surface area contributed by atoms with E-state index in [4.69, 9.17) is 5.73 Å². The quantitative estimate of drug-likeness (QED) is 0.707. The Labute approximate surface area is 153 Å². The average Bonchev–Trinajstić information content (AvgIpc) is 3.00. The number of nitrogens with zero attached hydrogens (tertiary/aromatic N) is 3. The number of hydrogen-bond donors (Lipinski definition) is 2. The summed E-state index contributed by atoms with van der Waals surface area (Å²) in [5, 5.41) is 7.31. The zero-order chi connectivity index (χ0) is 18.9. The van der Waals surface area contributed by atoms with E-state index < -0.39 is 0 Å². The van der Waals surface area contributed by atoms with Gasteiger partial charge in [-0.05, 0) is 41.5 Å². The number of anilines is 2. The first-order valence-corrected chi connectivity index (χ1v) is 8.41. The van der Waals surface area contributed by atoms with Gasteiger partial charge in [0.1, 0.15) is 5.69 Å². The maximum Gasteiger partial charge on any atom is 0.273 e. The molecule has 134 valence electrons. The van der Waals surface area contributed by atoms with Crippen molar-refractivity contribution in [1.29, 1.82) is 0 Å². The van der Waals surface area contributed by atoms with Gasteiger partial charge in [-0.1, -0.05) is 26.8 Å². The van der Waals surface area contributed by atoms with Gasteiger partial charge >= 0.3 is 0 Å². The summed E-state index contributed by atoms with van der Waals surface area (Å²) >= 11 is 0. The number of nitrogens with one attached hydrogen (secondary N) is 1. The number of rotatable bonds is 3. The predicted octanol–water partition coefficient (Wildman–Crippen LogP) is 3.61. The maximum absolute atomic E-state index is 12.6. The van der Waals surface area contributed by atoms with E-state index in [1.807, 2.05) is 36.4 Å². The van der Waals surface area contributed by atoms with Gasteiger partial charge in [-0.2, -0.15) is 5.10 Å². The van der Waals surface area contributed by atoms with Crippen LogP contribution >= 0.6 is 0 Å². The topological polar surface area (TPSA) is 85.8 Å². The SMILES string of the molecule is Cn1nc(C(C)(C)C)cc1C(=O)Nc1ccc(-c2ccncc2)cc1N. The molecule has 2 aromatic heterocycles. The number of carbonyl (C=O) groups is 1. The third kappa shape index (κ3) is 3.59. The molecule has 6 heteroatoms. The number of aromatic nitrogens is 3. The minimum atomic E-state index is -0.237. The van der Waals surface area contributed by atoms with Gasteiger partial charge in [0.15, 0.2) is 0 Å². The minimum absolute atomic E-state index is 0.124. The molecule has 1 aromatic carbocycles. The Morgan fingerprint density at radius 3 is 2.35 bits per heavy atom. The highest BCUT2D eigenvalue weighted by atomic mass is 16.2. The second kappa shape index (κ2) is 6.63. The molecule has 0 saturated carbocycles. The molecule has 0 saturated heterocycles. The van der Waals surface area contributed by atoms with Gasteiger partial charge in [-0.15, -0.1) is 0 Å². The molecule has 6 nitrogen and oxygen atoms in total. The number of aryl methyl sites for hydroxylation is 1. The summed E-state index contributed by atoms with van der Waals surface area (Å²) < 4.78 is 1.59. The normalized spacial score (nSPS) is 11.4. The van der Waals surface area contributed by atoms with Crippen molar-refractivity contribution in [3.63, 3.8) is 0 Å². The van der Waals surface area contributed by atoms with Crippen LogP contribution in [0.2, 0.25) is 0 Å². The highest BCUT2D eigenvalue weighted by Gasteiger charge is 2.22. The number of carbonyl (C=O) groups excluding carboxylic acids is 1. The lowest BCUT2D eigenvalue weighted by atomic mass is 9.92. The Morgan fingerprint density at radius 1 is 1.08 bits per heavy atom. The smallest absolute Gasteiger partial charge is 0.273 e. The van der Waals surface area contributed by atoms with Gasteiger partial charge < -0.3 is 11.1 Å². The van der Waals surface area contributed by atoms with Crippen LogP contribution < -0.4 is 11.1 Å². The summed E-state index contributed by atoms with van der Waals surface area (Å²) in [6.07, 6.45) is 3.47. The fourth-order valence-electron chi connectivity index (χ4n) is 2.63. The highest BCUT2D eigenvalue weighted by Crippen LogP contribution is 2.27. The molecule has 1 amide bonds. The van der Waals surface area contributed by atoms with Crippen molar-refractivity contribution in [3.05, 3.63) is 60.2 Å². The van der Waals surface area contributed by atoms with E-state index in [-0.39, 0.29) is 11.3 Å². The summed E-state index contributed by atoms with van der Waals surface area (Å²) in [7, 11) is 1.76. The molecule has 0 atom stereocenters. The van der Waals surface area contributed by atoms with Crippen molar-refractivity contribution in [2.24, 2.45) is 7.05 Å². The highest BCUT2D eigenvalue weighted by molar-refractivity contribution is 6.05. The largest absolute Gasteiger partial charge is 0.397 e. The zero-order valence-electron chi connectivity index (χ0n) is 15.4. The fraction of sp³-hybridized carbons (Fsp3) is 0.250. The number of hydrogen-bond acceptors (Lipinski definition) is 4. The van der Waals surface area contributed by atoms with Crippen LogP contribution in [0.5, 0.6) is 0 Å². The van der Waals surface area contributed by atoms with Crippen molar-refractivity contribution in [2.45, 2.75) is 26.2 Å². The standard InChI is InChI=1S/C20H23N5O/c1-20(2,3)18-12-17(25(4)24-18)19(26)23-16-6-5-14(11-15(16)21)13-7-9-22-10-8-13/h5-12H,21H2,1-4H3,(H,23,26). The summed E-state index contributed by atoms with van der Waals surface area (Å²) in [5.41, 5.74) is 10.5. The summed E-state index contributed by atoms with van der Waals surface area (Å²) in [5.74, 6) is -0.237. The maximum atomic E-state index is 12.6.